The molecule has 2 unspecified atom stereocenters. The number of rotatable bonds is 6. The van der Waals surface area contributed by atoms with E-state index in [2.05, 4.69) is 7.26 Å². The Morgan fingerprint density at radius 3 is 1.65 bits per heavy atom. The van der Waals surface area contributed by atoms with Gasteiger partial charge >= 0.3 is 31.3 Å². The summed E-state index contributed by atoms with van der Waals surface area (Å²) < 4.78 is 126. The van der Waals surface area contributed by atoms with E-state index in [1.54, 1.807) is 48.6 Å². The molecule has 4 rings (SSSR count). The first-order chi connectivity index (χ1) is 18.6. The lowest BCUT2D eigenvalue weighted by atomic mass is 10.0. The van der Waals surface area contributed by atoms with Crippen LogP contribution in [0.2, 0.25) is 0 Å². The first-order valence-corrected chi connectivity index (χ1v) is 15.9. The maximum Gasteiger partial charge on any atom is 0.524 e. The summed E-state index contributed by atoms with van der Waals surface area (Å²) in [5, 5.41) is 3.79. The fourth-order valence-electron chi connectivity index (χ4n) is 2.80. The highest BCUT2D eigenvalue weighted by molar-refractivity contribution is 8.19. The molecule has 16 heteroatoms. The van der Waals surface area contributed by atoms with Gasteiger partial charge < -0.3 is 0 Å². The van der Waals surface area contributed by atoms with Gasteiger partial charge in [-0.3, -0.25) is 0 Å². The molecule has 0 radical (unpaired) electrons. The number of benzene rings is 2. The number of hydrogen-bond acceptors (Lipinski definition) is 6. The molecule has 2 aromatic carbocycles. The monoisotopic (exact) mass is 644 g/mol. The summed E-state index contributed by atoms with van der Waals surface area (Å²) in [6, 6.07) is 17.8. The molecule has 0 amide bonds. The summed E-state index contributed by atoms with van der Waals surface area (Å²) in [5.74, 6) is 0. The van der Waals surface area contributed by atoms with E-state index in [0.717, 1.165) is 11.1 Å². The van der Waals surface area contributed by atoms with Crippen molar-refractivity contribution in [1.29, 1.82) is 0 Å². The largest absolute Gasteiger partial charge is 0.524 e. The Bertz CT molecular complexity index is 1620. The number of halogens is 6. The number of hydrogen-bond donors (Lipinski definition) is 0. The molecule has 0 saturated carbocycles. The van der Waals surface area contributed by atoms with Gasteiger partial charge in [-0.05, 0) is 66.6 Å². The van der Waals surface area contributed by atoms with Gasteiger partial charge in [0, 0.05) is 4.86 Å². The zero-order valence-electron chi connectivity index (χ0n) is 19.7. The van der Waals surface area contributed by atoms with Crippen molar-refractivity contribution >= 4 is 57.6 Å². The van der Waals surface area contributed by atoms with E-state index in [9.17, 15) is 43.2 Å². The lowest BCUT2D eigenvalue weighted by Gasteiger charge is -2.17. The van der Waals surface area contributed by atoms with Gasteiger partial charge in [-0.2, -0.15) is 50.4 Å². The fourth-order valence-corrected chi connectivity index (χ4v) is 7.47. The van der Waals surface area contributed by atoms with Crippen LogP contribution in [0.4, 0.5) is 26.3 Å². The second-order valence-corrected chi connectivity index (χ2v) is 13.7. The van der Waals surface area contributed by atoms with Crippen molar-refractivity contribution in [1.82, 2.24) is 0 Å². The molecule has 2 aliphatic rings. The van der Waals surface area contributed by atoms with E-state index >= 15 is 0 Å². The van der Waals surface area contributed by atoms with Crippen LogP contribution >= 0.6 is 21.5 Å². The van der Waals surface area contributed by atoms with E-state index in [1.165, 1.54) is 28.3 Å². The highest BCUT2D eigenvalue weighted by atomic mass is 32.3. The fraction of sp³-hybridized carbons (Fsp3) is 0.0833. The van der Waals surface area contributed by atoms with Gasteiger partial charge in [-0.25, -0.2) is 0 Å². The van der Waals surface area contributed by atoms with Crippen molar-refractivity contribution in [3.8, 4) is 0 Å². The average molecular weight is 645 g/mol. The highest BCUT2D eigenvalue weighted by Crippen LogP contribution is 2.37. The second-order valence-electron chi connectivity index (χ2n) is 7.41. The van der Waals surface area contributed by atoms with Gasteiger partial charge in [0.05, 0.1) is 0 Å². The van der Waals surface area contributed by atoms with Crippen LogP contribution in [-0.4, -0.2) is 38.1 Å². The standard InChI is InChI=1S/C18H13F3O3S2.C6H5F3O3S2/c19-18(20,21)26(22,23)24-25-12-11-16(14-7-3-1-4-8-14)13-17(25)15-9-5-2-6-10-15;7-6(8,9)14(10,11)12-13-4-2-1-3-5-13/h1-13H;1-5H. The van der Waals surface area contributed by atoms with Gasteiger partial charge in [0.25, 0.3) is 0 Å². The molecule has 6 nitrogen and oxygen atoms in total. The van der Waals surface area contributed by atoms with Crippen LogP contribution in [0.3, 0.4) is 0 Å². The third kappa shape index (κ3) is 8.37. The maximum absolute atomic E-state index is 12.7. The van der Waals surface area contributed by atoms with Gasteiger partial charge in [-0.15, -0.1) is 0 Å². The summed E-state index contributed by atoms with van der Waals surface area (Å²) in [6.45, 7) is 0. The zero-order valence-corrected chi connectivity index (χ0v) is 23.0. The van der Waals surface area contributed by atoms with Crippen molar-refractivity contribution in [2.24, 2.45) is 0 Å². The van der Waals surface area contributed by atoms with E-state index < -0.39 is 52.8 Å². The predicted molar refractivity (Wildman–Crippen MR) is 146 cm³/mol. The molecule has 0 aromatic heterocycles. The summed E-state index contributed by atoms with van der Waals surface area (Å²) in [4.78, 5) is 0.361. The minimum atomic E-state index is -5.71. The summed E-state index contributed by atoms with van der Waals surface area (Å²) in [7, 11) is -14.4. The number of alkyl halides is 6. The van der Waals surface area contributed by atoms with Crippen LogP contribution in [0.5, 0.6) is 0 Å². The van der Waals surface area contributed by atoms with Crippen molar-refractivity contribution in [2.45, 2.75) is 11.0 Å². The average Bonchev–Trinajstić information content (AvgIpc) is 2.89. The molecule has 0 saturated heterocycles. The lowest BCUT2D eigenvalue weighted by molar-refractivity contribution is -0.0498. The molecule has 0 bridgehead atoms. The third-order valence-corrected chi connectivity index (χ3v) is 10.4. The van der Waals surface area contributed by atoms with Gasteiger partial charge in [-0.1, -0.05) is 78.9 Å². The molecule has 216 valence electrons. The molecule has 2 aliphatic heterocycles. The lowest BCUT2D eigenvalue weighted by Crippen LogP contribution is -2.24. The van der Waals surface area contributed by atoms with Crippen LogP contribution in [0.15, 0.2) is 102 Å². The molecule has 0 spiro atoms. The molecular formula is C24H18F6O6S4. The van der Waals surface area contributed by atoms with Crippen LogP contribution < -0.4 is 0 Å². The molecule has 0 fully saturated rings. The van der Waals surface area contributed by atoms with Crippen LogP contribution in [-0.2, 0) is 27.5 Å². The summed E-state index contributed by atoms with van der Waals surface area (Å²) in [5.41, 5.74) is -8.65. The molecule has 40 heavy (non-hydrogen) atoms. The van der Waals surface area contributed by atoms with Crippen LogP contribution in [0.1, 0.15) is 11.1 Å². The molecular weight excluding hydrogens is 627 g/mol. The van der Waals surface area contributed by atoms with E-state index in [1.807, 2.05) is 30.3 Å². The second kappa shape index (κ2) is 12.8. The van der Waals surface area contributed by atoms with Crippen LogP contribution in [0.25, 0.3) is 5.57 Å². The van der Waals surface area contributed by atoms with Crippen molar-refractivity contribution < 1.29 is 50.4 Å². The van der Waals surface area contributed by atoms with E-state index in [-0.39, 0.29) is 0 Å². The summed E-state index contributed by atoms with van der Waals surface area (Å²) in [6.07, 6.45) is 7.59. The minimum Gasteiger partial charge on any atom is -0.194 e. The topological polar surface area (TPSA) is 86.7 Å². The van der Waals surface area contributed by atoms with Gasteiger partial charge in [0.2, 0.25) is 0 Å². The Kier molecular flexibility index (Phi) is 10.2. The van der Waals surface area contributed by atoms with Gasteiger partial charge in [0.1, 0.15) is 0 Å². The normalized spacial score (nSPS) is 19.4. The molecule has 2 heterocycles. The van der Waals surface area contributed by atoms with Crippen molar-refractivity contribution in [3.05, 3.63) is 113 Å². The first-order valence-electron chi connectivity index (χ1n) is 10.6. The van der Waals surface area contributed by atoms with E-state index in [0.29, 0.717) is 10.4 Å². The minimum absolute atomic E-state index is 0.361. The van der Waals surface area contributed by atoms with E-state index in [4.69, 9.17) is 0 Å². The Hall–Kier alpha value is -2.76. The van der Waals surface area contributed by atoms with Crippen molar-refractivity contribution in [3.63, 3.8) is 0 Å². The number of allylic oxidation sites excluding steroid dienone is 6. The van der Waals surface area contributed by atoms with Gasteiger partial charge in [0.15, 0.2) is 0 Å². The smallest absolute Gasteiger partial charge is 0.194 e. The maximum atomic E-state index is 12.7. The molecule has 2 aromatic rings. The highest BCUT2D eigenvalue weighted by Gasteiger charge is 2.49. The first kappa shape index (κ1) is 31.8. The summed E-state index contributed by atoms with van der Waals surface area (Å²) >= 11 is 0. The third-order valence-electron chi connectivity index (χ3n) is 4.59. The molecule has 0 aliphatic carbocycles. The zero-order chi connectivity index (χ0) is 29.6. The Morgan fingerprint density at radius 2 is 1.15 bits per heavy atom. The quantitative estimate of drug-likeness (QED) is 0.196. The molecule has 2 atom stereocenters. The van der Waals surface area contributed by atoms with Crippen LogP contribution in [0, 0.1) is 0 Å². The Labute approximate surface area is 231 Å². The SMILES string of the molecule is O=S(=O)(OS1=C(c2ccccc2)C=C(c2ccccc2)C=C1)C(F)(F)F.O=S(=O)(OS1=CC=CC=C1)C(F)(F)F. The Morgan fingerprint density at radius 1 is 0.625 bits per heavy atom. The molecule has 0 N–H and O–H groups in total. The van der Waals surface area contributed by atoms with Crippen molar-refractivity contribution in [2.75, 3.05) is 0 Å². The Balaban J connectivity index is 0.000000267. The predicted octanol–water partition coefficient (Wildman–Crippen LogP) is 6.79.